The highest BCUT2D eigenvalue weighted by atomic mass is 16.4. The number of carbonyl (C=O) groups excluding carboxylic acids is 2. The minimum Gasteiger partial charge on any atom is -0.480 e. The highest BCUT2D eigenvalue weighted by Crippen LogP contribution is 2.07. The van der Waals surface area contributed by atoms with Crippen molar-refractivity contribution in [1.82, 2.24) is 10.6 Å². The fourth-order valence-electron chi connectivity index (χ4n) is 1.90. The molecule has 21 heavy (non-hydrogen) atoms. The molecule has 122 valence electrons. The quantitative estimate of drug-likeness (QED) is 0.353. The van der Waals surface area contributed by atoms with E-state index < -0.39 is 30.0 Å². The Labute approximate surface area is 124 Å². The van der Waals surface area contributed by atoms with Gasteiger partial charge in [-0.3, -0.25) is 4.79 Å². The molecule has 0 unspecified atom stereocenters. The minimum absolute atomic E-state index is 0.146. The lowest BCUT2D eigenvalue weighted by Crippen LogP contribution is -2.53. The summed E-state index contributed by atoms with van der Waals surface area (Å²) < 4.78 is 0. The smallest absolute Gasteiger partial charge is 0.326 e. The van der Waals surface area contributed by atoms with Gasteiger partial charge in [0.15, 0.2) is 0 Å². The van der Waals surface area contributed by atoms with Crippen molar-refractivity contribution >= 4 is 17.9 Å². The van der Waals surface area contributed by atoms with Crippen LogP contribution in [-0.2, 0) is 9.59 Å². The van der Waals surface area contributed by atoms with Crippen LogP contribution in [0.1, 0.15) is 39.5 Å². The number of rotatable bonds is 10. The van der Waals surface area contributed by atoms with E-state index in [9.17, 15) is 14.4 Å². The lowest BCUT2D eigenvalue weighted by molar-refractivity contribution is -0.142. The van der Waals surface area contributed by atoms with E-state index in [1.54, 1.807) is 0 Å². The molecule has 0 heterocycles. The zero-order chi connectivity index (χ0) is 16.4. The Bertz CT molecular complexity index is 360. The summed E-state index contributed by atoms with van der Waals surface area (Å²) in [5, 5.41) is 13.9. The Kier molecular flexibility index (Phi) is 9.11. The highest BCUT2D eigenvalue weighted by Gasteiger charge is 2.26. The number of unbranched alkanes of at least 4 members (excludes halogenated alkanes) is 1. The molecule has 8 heteroatoms. The average molecular weight is 302 g/mol. The van der Waals surface area contributed by atoms with Crippen LogP contribution in [0.25, 0.3) is 0 Å². The van der Waals surface area contributed by atoms with E-state index in [1.165, 1.54) is 0 Å². The second kappa shape index (κ2) is 9.98. The van der Waals surface area contributed by atoms with Gasteiger partial charge in [0, 0.05) is 0 Å². The van der Waals surface area contributed by atoms with Gasteiger partial charge in [-0.1, -0.05) is 13.8 Å². The molecule has 0 aliphatic carbocycles. The first-order chi connectivity index (χ1) is 9.77. The number of primary amides is 1. The van der Waals surface area contributed by atoms with E-state index in [0.29, 0.717) is 32.2 Å². The van der Waals surface area contributed by atoms with Gasteiger partial charge < -0.3 is 27.2 Å². The number of urea groups is 1. The van der Waals surface area contributed by atoms with Crippen LogP contribution in [-0.4, -0.2) is 41.6 Å². The average Bonchev–Trinajstić information content (AvgIpc) is 2.35. The number of carboxylic acid groups (broad SMARTS) is 1. The highest BCUT2D eigenvalue weighted by molar-refractivity contribution is 5.89. The zero-order valence-electron chi connectivity index (χ0n) is 12.6. The van der Waals surface area contributed by atoms with E-state index >= 15 is 0 Å². The normalized spacial score (nSPS) is 13.5. The van der Waals surface area contributed by atoms with Crippen molar-refractivity contribution in [2.45, 2.75) is 51.6 Å². The third kappa shape index (κ3) is 8.85. The summed E-state index contributed by atoms with van der Waals surface area (Å²) >= 11 is 0. The van der Waals surface area contributed by atoms with Crippen LogP contribution in [0.5, 0.6) is 0 Å². The fourth-order valence-corrected chi connectivity index (χ4v) is 1.90. The van der Waals surface area contributed by atoms with Crippen molar-refractivity contribution in [3.63, 3.8) is 0 Å². The molecule has 0 aromatic heterocycles. The number of aliphatic carboxylic acids is 1. The Morgan fingerprint density at radius 1 is 1.10 bits per heavy atom. The number of nitrogens with two attached hydrogens (primary N) is 2. The van der Waals surface area contributed by atoms with E-state index in [4.69, 9.17) is 16.6 Å². The molecule has 0 spiro atoms. The van der Waals surface area contributed by atoms with Crippen molar-refractivity contribution in [3.8, 4) is 0 Å². The molecule has 0 radical (unpaired) electrons. The maximum atomic E-state index is 12.1. The Morgan fingerprint density at radius 3 is 2.14 bits per heavy atom. The van der Waals surface area contributed by atoms with Gasteiger partial charge in [-0.2, -0.15) is 0 Å². The molecule has 7 N–H and O–H groups in total. The summed E-state index contributed by atoms with van der Waals surface area (Å²) in [5.74, 6) is -1.50. The summed E-state index contributed by atoms with van der Waals surface area (Å²) in [4.78, 5) is 34.2. The summed E-state index contributed by atoms with van der Waals surface area (Å²) in [6.07, 6.45) is 1.97. The maximum absolute atomic E-state index is 12.1. The van der Waals surface area contributed by atoms with E-state index in [0.717, 1.165) is 0 Å². The van der Waals surface area contributed by atoms with Gasteiger partial charge in [0.25, 0.3) is 0 Å². The second-order valence-electron chi connectivity index (χ2n) is 5.37. The first-order valence-corrected chi connectivity index (χ1v) is 7.07. The number of hydrogen-bond acceptors (Lipinski definition) is 4. The second-order valence-corrected chi connectivity index (χ2v) is 5.37. The Balaban J connectivity index is 4.65. The monoisotopic (exact) mass is 302 g/mol. The number of nitrogens with one attached hydrogen (secondary N) is 2. The van der Waals surface area contributed by atoms with E-state index in [-0.39, 0.29) is 5.92 Å². The molecular weight excluding hydrogens is 276 g/mol. The first kappa shape index (κ1) is 19.2. The Morgan fingerprint density at radius 2 is 1.71 bits per heavy atom. The van der Waals surface area contributed by atoms with Gasteiger partial charge in [0.05, 0.1) is 0 Å². The van der Waals surface area contributed by atoms with Crippen LogP contribution < -0.4 is 22.1 Å². The van der Waals surface area contributed by atoms with Crippen LogP contribution in [0.4, 0.5) is 4.79 Å². The predicted octanol–water partition coefficient (Wildman–Crippen LogP) is -0.232. The summed E-state index contributed by atoms with van der Waals surface area (Å²) in [5.41, 5.74) is 10.4. The molecule has 0 saturated heterocycles. The standard InChI is InChI=1S/C13H26N4O4/c1-8(2)7-10(17-13(15)21)11(18)16-9(12(19)20)5-3-4-6-14/h8-10H,3-7,14H2,1-2H3,(H,16,18)(H,19,20)(H3,15,17,21)/t9-,10-/m0/s1. The van der Waals surface area contributed by atoms with Crippen molar-refractivity contribution in [2.24, 2.45) is 17.4 Å². The topological polar surface area (TPSA) is 148 Å². The van der Waals surface area contributed by atoms with Gasteiger partial charge >= 0.3 is 12.0 Å². The molecule has 0 rings (SSSR count). The first-order valence-electron chi connectivity index (χ1n) is 7.07. The summed E-state index contributed by atoms with van der Waals surface area (Å²) in [6, 6.07) is -2.64. The molecule has 3 amide bonds. The van der Waals surface area contributed by atoms with Crippen molar-refractivity contribution in [2.75, 3.05) is 6.54 Å². The van der Waals surface area contributed by atoms with Crippen molar-refractivity contribution in [1.29, 1.82) is 0 Å². The molecule has 0 fully saturated rings. The molecule has 0 bridgehead atoms. The molecule has 0 aromatic carbocycles. The summed E-state index contributed by atoms with van der Waals surface area (Å²) in [6.45, 7) is 4.25. The SMILES string of the molecule is CC(C)C[C@H](NC(N)=O)C(=O)N[C@@H](CCCCN)C(=O)O. The Hall–Kier alpha value is -1.83. The van der Waals surface area contributed by atoms with Gasteiger partial charge in [0.2, 0.25) is 5.91 Å². The van der Waals surface area contributed by atoms with Crippen LogP contribution in [0.15, 0.2) is 0 Å². The number of hydrogen-bond donors (Lipinski definition) is 5. The molecule has 0 aromatic rings. The zero-order valence-corrected chi connectivity index (χ0v) is 12.6. The van der Waals surface area contributed by atoms with Crippen LogP contribution in [0.3, 0.4) is 0 Å². The molecule has 2 atom stereocenters. The lowest BCUT2D eigenvalue weighted by Gasteiger charge is -2.22. The van der Waals surface area contributed by atoms with Crippen LogP contribution >= 0.6 is 0 Å². The molecule has 0 aliphatic rings. The van der Waals surface area contributed by atoms with Gasteiger partial charge in [-0.05, 0) is 38.1 Å². The number of amides is 3. The molecule has 0 aliphatic heterocycles. The third-order valence-electron chi connectivity index (χ3n) is 2.90. The van der Waals surface area contributed by atoms with Crippen molar-refractivity contribution in [3.05, 3.63) is 0 Å². The maximum Gasteiger partial charge on any atom is 0.326 e. The van der Waals surface area contributed by atoms with Gasteiger partial charge in [0.1, 0.15) is 12.1 Å². The van der Waals surface area contributed by atoms with Crippen LogP contribution in [0.2, 0.25) is 0 Å². The molecular formula is C13H26N4O4. The minimum atomic E-state index is -1.11. The van der Waals surface area contributed by atoms with Gasteiger partial charge in [-0.15, -0.1) is 0 Å². The van der Waals surface area contributed by atoms with E-state index in [2.05, 4.69) is 10.6 Å². The number of carbonyl (C=O) groups is 3. The van der Waals surface area contributed by atoms with Crippen molar-refractivity contribution < 1.29 is 19.5 Å². The summed E-state index contributed by atoms with van der Waals surface area (Å²) in [7, 11) is 0. The van der Waals surface area contributed by atoms with E-state index in [1.807, 2.05) is 13.8 Å². The third-order valence-corrected chi connectivity index (χ3v) is 2.90. The largest absolute Gasteiger partial charge is 0.480 e. The van der Waals surface area contributed by atoms with Crippen LogP contribution in [0, 0.1) is 5.92 Å². The lowest BCUT2D eigenvalue weighted by atomic mass is 10.0. The molecule has 0 saturated carbocycles. The fraction of sp³-hybridized carbons (Fsp3) is 0.769. The predicted molar refractivity (Wildman–Crippen MR) is 78.4 cm³/mol. The van der Waals surface area contributed by atoms with Gasteiger partial charge in [-0.25, -0.2) is 9.59 Å². The molecule has 8 nitrogen and oxygen atoms in total. The number of carboxylic acids is 1.